The molecular weight excluding hydrogens is 228 g/mol. The first-order chi connectivity index (χ1) is 8.69. The van der Waals surface area contributed by atoms with Crippen LogP contribution in [0.5, 0.6) is 0 Å². The maximum atomic E-state index is 11.9. The molecule has 2 atom stereocenters. The van der Waals surface area contributed by atoms with Crippen molar-refractivity contribution >= 4 is 5.91 Å². The van der Waals surface area contributed by atoms with Crippen molar-refractivity contribution in [1.82, 2.24) is 5.32 Å². The van der Waals surface area contributed by atoms with E-state index in [0.717, 1.165) is 11.1 Å². The highest BCUT2D eigenvalue weighted by Gasteiger charge is 2.22. The molecule has 18 heavy (non-hydrogen) atoms. The van der Waals surface area contributed by atoms with Gasteiger partial charge in [-0.25, -0.2) is 0 Å². The van der Waals surface area contributed by atoms with Gasteiger partial charge in [-0.15, -0.1) is 0 Å². The fourth-order valence-corrected chi connectivity index (χ4v) is 2.08. The molecule has 1 amide bonds. The minimum atomic E-state index is -0.110. The van der Waals surface area contributed by atoms with E-state index < -0.39 is 0 Å². The Bertz CT molecular complexity index is 457. The maximum Gasteiger partial charge on any atom is 0.227 e. The summed E-state index contributed by atoms with van der Waals surface area (Å²) < 4.78 is 0. The lowest BCUT2D eigenvalue weighted by atomic mass is 10.1. The van der Waals surface area contributed by atoms with Gasteiger partial charge in [-0.05, 0) is 17.5 Å². The van der Waals surface area contributed by atoms with Crippen LogP contribution in [0.25, 0.3) is 0 Å². The van der Waals surface area contributed by atoms with Crippen molar-refractivity contribution in [2.24, 2.45) is 11.7 Å². The molecule has 0 bridgehead atoms. The molecule has 0 spiro atoms. The lowest BCUT2D eigenvalue weighted by molar-refractivity contribution is -0.123. The van der Waals surface area contributed by atoms with Crippen LogP contribution >= 0.6 is 0 Å². The minimum Gasteiger partial charge on any atom is -0.392 e. The molecule has 0 fully saturated rings. The van der Waals surface area contributed by atoms with Crippen LogP contribution in [0, 0.1) is 5.92 Å². The largest absolute Gasteiger partial charge is 0.392 e. The number of hydrogen-bond donors (Lipinski definition) is 3. The Kier molecular flexibility index (Phi) is 4.12. The number of aliphatic hydroxyl groups is 1. The predicted molar refractivity (Wildman–Crippen MR) is 69.4 cm³/mol. The molecule has 1 aliphatic rings. The number of nitrogens with one attached hydrogen (secondary N) is 1. The average molecular weight is 246 g/mol. The number of rotatable bonds is 4. The van der Waals surface area contributed by atoms with Crippen LogP contribution in [0.3, 0.4) is 0 Å². The summed E-state index contributed by atoms with van der Waals surface area (Å²) in [5.41, 5.74) is 7.55. The van der Waals surface area contributed by atoms with E-state index in [1.165, 1.54) is 0 Å². The molecule has 96 valence electrons. The number of carbonyl (C=O) groups excluding carboxylic acids is 1. The van der Waals surface area contributed by atoms with Gasteiger partial charge in [0.1, 0.15) is 0 Å². The van der Waals surface area contributed by atoms with E-state index in [1.54, 1.807) is 0 Å². The number of nitrogens with two attached hydrogens (primary N) is 1. The van der Waals surface area contributed by atoms with Gasteiger partial charge < -0.3 is 16.2 Å². The second-order valence-electron chi connectivity index (χ2n) is 4.59. The molecule has 0 radical (unpaired) electrons. The lowest BCUT2D eigenvalue weighted by Crippen LogP contribution is -2.30. The van der Waals surface area contributed by atoms with Crippen LogP contribution in [0.4, 0.5) is 0 Å². The van der Waals surface area contributed by atoms with Gasteiger partial charge >= 0.3 is 0 Å². The van der Waals surface area contributed by atoms with E-state index in [9.17, 15) is 4.79 Å². The second kappa shape index (κ2) is 5.80. The van der Waals surface area contributed by atoms with Gasteiger partial charge in [-0.3, -0.25) is 4.79 Å². The molecule has 2 rings (SSSR count). The van der Waals surface area contributed by atoms with E-state index in [4.69, 9.17) is 10.8 Å². The van der Waals surface area contributed by atoms with Gasteiger partial charge in [-0.2, -0.15) is 0 Å². The molecule has 0 saturated carbocycles. The van der Waals surface area contributed by atoms with E-state index in [0.29, 0.717) is 13.0 Å². The monoisotopic (exact) mass is 246 g/mol. The van der Waals surface area contributed by atoms with Crippen LogP contribution in [0.15, 0.2) is 36.4 Å². The van der Waals surface area contributed by atoms with Crippen molar-refractivity contribution in [3.8, 4) is 0 Å². The molecule has 4 heteroatoms. The number of benzene rings is 1. The fourth-order valence-electron chi connectivity index (χ4n) is 2.08. The third-order valence-corrected chi connectivity index (χ3v) is 3.09. The van der Waals surface area contributed by atoms with Gasteiger partial charge in [0.05, 0.1) is 12.5 Å². The average Bonchev–Trinajstić information content (AvgIpc) is 2.83. The topological polar surface area (TPSA) is 75.4 Å². The Morgan fingerprint density at radius 3 is 2.83 bits per heavy atom. The molecule has 0 heterocycles. The standard InChI is InChI=1S/C14H18N2O2/c15-13-5-4-12(7-13)14(18)16-8-10-2-1-3-11(6-10)9-17/h1-6,12-13,17H,7-9,15H2,(H,16,18). The highest BCUT2D eigenvalue weighted by molar-refractivity contribution is 5.81. The summed E-state index contributed by atoms with van der Waals surface area (Å²) in [7, 11) is 0. The van der Waals surface area contributed by atoms with Gasteiger partial charge in [0.15, 0.2) is 0 Å². The van der Waals surface area contributed by atoms with E-state index in [2.05, 4.69) is 5.32 Å². The summed E-state index contributed by atoms with van der Waals surface area (Å²) in [4.78, 5) is 11.9. The van der Waals surface area contributed by atoms with E-state index >= 15 is 0 Å². The first-order valence-electron chi connectivity index (χ1n) is 6.09. The van der Waals surface area contributed by atoms with Crippen LogP contribution in [0.2, 0.25) is 0 Å². The fraction of sp³-hybridized carbons (Fsp3) is 0.357. The number of amides is 1. The van der Waals surface area contributed by atoms with Gasteiger partial charge in [-0.1, -0.05) is 36.4 Å². The van der Waals surface area contributed by atoms with Crippen molar-refractivity contribution in [3.05, 3.63) is 47.5 Å². The lowest BCUT2D eigenvalue weighted by Gasteiger charge is -2.11. The van der Waals surface area contributed by atoms with Crippen LogP contribution in [-0.4, -0.2) is 17.1 Å². The van der Waals surface area contributed by atoms with Crippen molar-refractivity contribution < 1.29 is 9.90 Å². The van der Waals surface area contributed by atoms with Crippen molar-refractivity contribution in [3.63, 3.8) is 0 Å². The third-order valence-electron chi connectivity index (χ3n) is 3.09. The Balaban J connectivity index is 1.87. The molecule has 1 aliphatic carbocycles. The van der Waals surface area contributed by atoms with E-state index in [1.807, 2.05) is 36.4 Å². The molecular formula is C14H18N2O2. The van der Waals surface area contributed by atoms with Gasteiger partial charge in [0.2, 0.25) is 5.91 Å². The summed E-state index contributed by atoms with van der Waals surface area (Å²) in [6.45, 7) is 0.494. The first-order valence-corrected chi connectivity index (χ1v) is 6.09. The SMILES string of the molecule is NC1C=CC(C(=O)NCc2cccc(CO)c2)C1. The van der Waals surface area contributed by atoms with Crippen molar-refractivity contribution in [1.29, 1.82) is 0 Å². The van der Waals surface area contributed by atoms with Crippen molar-refractivity contribution in [2.75, 3.05) is 0 Å². The highest BCUT2D eigenvalue weighted by Crippen LogP contribution is 2.16. The molecule has 1 aromatic carbocycles. The summed E-state index contributed by atoms with van der Waals surface area (Å²) >= 11 is 0. The molecule has 1 aromatic rings. The number of aliphatic hydroxyl groups excluding tert-OH is 1. The normalized spacial score (nSPS) is 22.1. The molecule has 0 aliphatic heterocycles. The minimum absolute atomic E-state index is 0.00142. The smallest absolute Gasteiger partial charge is 0.227 e. The van der Waals surface area contributed by atoms with Gasteiger partial charge in [0, 0.05) is 12.6 Å². The summed E-state index contributed by atoms with van der Waals surface area (Å²) in [6, 6.07) is 7.53. The van der Waals surface area contributed by atoms with Crippen molar-refractivity contribution in [2.45, 2.75) is 25.6 Å². The molecule has 4 nitrogen and oxygen atoms in total. The Hall–Kier alpha value is -1.65. The zero-order valence-electron chi connectivity index (χ0n) is 10.2. The van der Waals surface area contributed by atoms with Crippen LogP contribution in [0.1, 0.15) is 17.5 Å². The van der Waals surface area contributed by atoms with Crippen LogP contribution in [-0.2, 0) is 17.9 Å². The Labute approximate surface area is 107 Å². The van der Waals surface area contributed by atoms with Crippen LogP contribution < -0.4 is 11.1 Å². The second-order valence-corrected chi connectivity index (χ2v) is 4.59. The quantitative estimate of drug-likeness (QED) is 0.684. The Morgan fingerprint density at radius 2 is 2.17 bits per heavy atom. The summed E-state index contributed by atoms with van der Waals surface area (Å²) in [6.07, 6.45) is 4.42. The number of carbonyl (C=O) groups is 1. The molecule has 2 unspecified atom stereocenters. The highest BCUT2D eigenvalue weighted by atomic mass is 16.3. The molecule has 4 N–H and O–H groups in total. The number of hydrogen-bond acceptors (Lipinski definition) is 3. The molecule has 0 saturated heterocycles. The predicted octanol–water partition coefficient (Wildman–Crippen LogP) is 0.698. The third kappa shape index (κ3) is 3.18. The molecule has 0 aromatic heterocycles. The summed E-state index contributed by atoms with van der Waals surface area (Å²) in [5.74, 6) is -0.102. The summed E-state index contributed by atoms with van der Waals surface area (Å²) in [5, 5.41) is 11.9. The first kappa shape index (κ1) is 12.8. The Morgan fingerprint density at radius 1 is 1.39 bits per heavy atom. The zero-order chi connectivity index (χ0) is 13.0. The van der Waals surface area contributed by atoms with Gasteiger partial charge in [0.25, 0.3) is 0 Å². The maximum absolute atomic E-state index is 11.9. The zero-order valence-corrected chi connectivity index (χ0v) is 10.2. The van der Waals surface area contributed by atoms with E-state index in [-0.39, 0.29) is 24.5 Å².